The molecule has 24 heavy (non-hydrogen) atoms. The van der Waals surface area contributed by atoms with E-state index in [-0.39, 0.29) is 24.0 Å². The maximum absolute atomic E-state index is 4.88. The lowest BCUT2D eigenvalue weighted by Gasteiger charge is -2.35. The topological polar surface area (TPSA) is 42.9 Å². The average Bonchev–Trinajstić information content (AvgIpc) is 3.32. The molecule has 1 unspecified atom stereocenters. The number of halogens is 1. The van der Waals surface area contributed by atoms with Crippen LogP contribution in [0.3, 0.4) is 0 Å². The van der Waals surface area contributed by atoms with Crippen molar-refractivity contribution in [3.63, 3.8) is 0 Å². The lowest BCUT2D eigenvalue weighted by Crippen LogP contribution is -2.50. The minimum Gasteiger partial charge on any atom is -0.357 e. The highest BCUT2D eigenvalue weighted by Gasteiger charge is 2.32. The second kappa shape index (κ2) is 10.8. The zero-order valence-corrected chi connectivity index (χ0v) is 18.5. The molecule has 1 heterocycles. The fourth-order valence-corrected chi connectivity index (χ4v) is 3.47. The summed E-state index contributed by atoms with van der Waals surface area (Å²) in [5.74, 6) is 1.86. The van der Waals surface area contributed by atoms with E-state index in [9.17, 15) is 0 Å². The van der Waals surface area contributed by atoms with Crippen molar-refractivity contribution in [2.75, 3.05) is 40.3 Å². The summed E-state index contributed by atoms with van der Waals surface area (Å²) in [6.45, 7) is 10.9. The number of piperidine rings is 1. The Balaban J connectivity index is 0.00000288. The molecular formula is C18H38IN5. The van der Waals surface area contributed by atoms with Crippen molar-refractivity contribution in [2.24, 2.45) is 10.9 Å². The van der Waals surface area contributed by atoms with Gasteiger partial charge in [0, 0.05) is 37.8 Å². The summed E-state index contributed by atoms with van der Waals surface area (Å²) in [5, 5.41) is 7.09. The van der Waals surface area contributed by atoms with E-state index in [1.165, 1.54) is 38.8 Å². The molecule has 5 nitrogen and oxygen atoms in total. The third-order valence-corrected chi connectivity index (χ3v) is 5.21. The monoisotopic (exact) mass is 451 g/mol. The summed E-state index contributed by atoms with van der Waals surface area (Å²) in [5.41, 5.74) is 0. The van der Waals surface area contributed by atoms with Crippen molar-refractivity contribution in [3.05, 3.63) is 0 Å². The minimum atomic E-state index is 0. The number of guanidine groups is 1. The summed E-state index contributed by atoms with van der Waals surface area (Å²) >= 11 is 0. The van der Waals surface area contributed by atoms with Crippen molar-refractivity contribution in [1.29, 1.82) is 0 Å². The van der Waals surface area contributed by atoms with Gasteiger partial charge in [-0.15, -0.1) is 24.0 Å². The Labute approximate surface area is 166 Å². The molecule has 142 valence electrons. The van der Waals surface area contributed by atoms with Gasteiger partial charge >= 0.3 is 0 Å². The third-order valence-electron chi connectivity index (χ3n) is 5.21. The quantitative estimate of drug-likeness (QED) is 0.355. The zero-order chi connectivity index (χ0) is 16.8. The van der Waals surface area contributed by atoms with Gasteiger partial charge in [-0.1, -0.05) is 0 Å². The van der Waals surface area contributed by atoms with Gasteiger partial charge in [-0.2, -0.15) is 0 Å². The van der Waals surface area contributed by atoms with Crippen molar-refractivity contribution in [3.8, 4) is 0 Å². The van der Waals surface area contributed by atoms with Gasteiger partial charge in [0.05, 0.1) is 6.54 Å². The van der Waals surface area contributed by atoms with Gasteiger partial charge in [-0.3, -0.25) is 4.99 Å². The molecule has 1 saturated heterocycles. The molecule has 2 rings (SSSR count). The molecule has 0 bridgehead atoms. The first-order chi connectivity index (χ1) is 11.0. The largest absolute Gasteiger partial charge is 0.357 e. The Morgan fingerprint density at radius 2 is 1.79 bits per heavy atom. The number of hydrogen-bond donors (Lipinski definition) is 2. The molecule has 0 amide bonds. The number of likely N-dealkylation sites (N-methyl/N-ethyl adjacent to an activating group) is 1. The number of rotatable bonds is 7. The van der Waals surface area contributed by atoms with Gasteiger partial charge in [-0.05, 0) is 66.5 Å². The van der Waals surface area contributed by atoms with Crippen molar-refractivity contribution in [1.82, 2.24) is 20.4 Å². The number of hydrogen-bond acceptors (Lipinski definition) is 3. The third kappa shape index (κ3) is 7.04. The van der Waals surface area contributed by atoms with Gasteiger partial charge in [0.1, 0.15) is 0 Å². The Morgan fingerprint density at radius 3 is 2.25 bits per heavy atom. The molecule has 0 spiro atoms. The first-order valence-electron chi connectivity index (χ1n) is 9.46. The van der Waals surface area contributed by atoms with Crippen LogP contribution in [-0.4, -0.2) is 74.2 Å². The lowest BCUT2D eigenvalue weighted by atomic mass is 10.0. The molecule has 2 N–H and O–H groups in total. The van der Waals surface area contributed by atoms with Crippen molar-refractivity contribution >= 4 is 29.9 Å². The molecule has 0 radical (unpaired) electrons. The van der Waals surface area contributed by atoms with E-state index in [1.807, 2.05) is 0 Å². The van der Waals surface area contributed by atoms with E-state index in [0.717, 1.165) is 25.0 Å². The minimum absolute atomic E-state index is 0. The van der Waals surface area contributed by atoms with Gasteiger partial charge in [0.2, 0.25) is 0 Å². The van der Waals surface area contributed by atoms with Crippen LogP contribution in [0.25, 0.3) is 0 Å². The van der Waals surface area contributed by atoms with E-state index in [2.05, 4.69) is 55.3 Å². The van der Waals surface area contributed by atoms with Crippen molar-refractivity contribution in [2.45, 2.75) is 64.6 Å². The highest BCUT2D eigenvalue weighted by molar-refractivity contribution is 14.0. The van der Waals surface area contributed by atoms with Crippen LogP contribution in [0.2, 0.25) is 0 Å². The number of likely N-dealkylation sites (tertiary alicyclic amines) is 1. The standard InChI is InChI=1S/C18H37N5.HI/c1-6-19-18(20-13-17(22(4)5)15-7-8-15)21-16-9-11-23(12-10-16)14(2)3;/h14-17H,6-13H2,1-5H3,(H2,19,20,21);1H. The molecular weight excluding hydrogens is 413 g/mol. The lowest BCUT2D eigenvalue weighted by molar-refractivity contribution is 0.167. The van der Waals surface area contributed by atoms with Gasteiger partial charge in [0.15, 0.2) is 5.96 Å². The predicted octanol–water partition coefficient (Wildman–Crippen LogP) is 2.37. The van der Waals surface area contributed by atoms with E-state index >= 15 is 0 Å². The van der Waals surface area contributed by atoms with Gasteiger partial charge < -0.3 is 20.4 Å². The van der Waals surface area contributed by atoms with Crippen LogP contribution in [0.4, 0.5) is 0 Å². The Hall–Kier alpha value is -0.0800. The van der Waals surface area contributed by atoms with Crippen LogP contribution in [0.15, 0.2) is 4.99 Å². The summed E-state index contributed by atoms with van der Waals surface area (Å²) in [6.07, 6.45) is 5.16. The molecule has 0 aromatic carbocycles. The molecule has 0 aromatic heterocycles. The number of nitrogens with one attached hydrogen (secondary N) is 2. The molecule has 6 heteroatoms. The van der Waals surface area contributed by atoms with Crippen molar-refractivity contribution < 1.29 is 0 Å². The highest BCUT2D eigenvalue weighted by Crippen LogP contribution is 2.34. The van der Waals surface area contributed by atoms with Crippen LogP contribution >= 0.6 is 24.0 Å². The number of aliphatic imine (C=N–C) groups is 1. The molecule has 0 aromatic rings. The second-order valence-electron chi connectivity index (χ2n) is 7.64. The fourth-order valence-electron chi connectivity index (χ4n) is 3.47. The maximum Gasteiger partial charge on any atom is 0.191 e. The molecule has 2 aliphatic rings. The molecule has 1 atom stereocenters. The SMILES string of the molecule is CCNC(=NCC(C1CC1)N(C)C)NC1CCN(C(C)C)CC1.I. The predicted molar refractivity (Wildman–Crippen MR) is 114 cm³/mol. The van der Waals surface area contributed by atoms with Crippen LogP contribution in [-0.2, 0) is 0 Å². The van der Waals surface area contributed by atoms with E-state index in [0.29, 0.717) is 18.1 Å². The fraction of sp³-hybridized carbons (Fsp3) is 0.944. The Bertz CT molecular complexity index is 372. The first-order valence-corrected chi connectivity index (χ1v) is 9.46. The average molecular weight is 451 g/mol. The van der Waals surface area contributed by atoms with E-state index in [4.69, 9.17) is 4.99 Å². The smallest absolute Gasteiger partial charge is 0.191 e. The highest BCUT2D eigenvalue weighted by atomic mass is 127. The molecule has 1 aliphatic carbocycles. The second-order valence-corrected chi connectivity index (χ2v) is 7.64. The first kappa shape index (κ1) is 22.0. The van der Waals surface area contributed by atoms with E-state index in [1.54, 1.807) is 0 Å². The maximum atomic E-state index is 4.88. The van der Waals surface area contributed by atoms with Crippen LogP contribution in [0.5, 0.6) is 0 Å². The van der Waals surface area contributed by atoms with Crippen LogP contribution < -0.4 is 10.6 Å². The van der Waals surface area contributed by atoms with E-state index < -0.39 is 0 Å². The summed E-state index contributed by atoms with van der Waals surface area (Å²) < 4.78 is 0. The molecule has 2 fully saturated rings. The normalized spacial score (nSPS) is 21.7. The molecule has 1 saturated carbocycles. The Morgan fingerprint density at radius 1 is 1.17 bits per heavy atom. The van der Waals surface area contributed by atoms with Gasteiger partial charge in [0.25, 0.3) is 0 Å². The summed E-state index contributed by atoms with van der Waals surface area (Å²) in [4.78, 5) is 9.79. The Kier molecular flexibility index (Phi) is 9.89. The zero-order valence-electron chi connectivity index (χ0n) is 16.2. The summed E-state index contributed by atoms with van der Waals surface area (Å²) in [6, 6.07) is 1.81. The van der Waals surface area contributed by atoms with Crippen LogP contribution in [0.1, 0.15) is 46.5 Å². The molecule has 1 aliphatic heterocycles. The van der Waals surface area contributed by atoms with Crippen LogP contribution in [0, 0.1) is 5.92 Å². The summed E-state index contributed by atoms with van der Waals surface area (Å²) in [7, 11) is 4.36. The van der Waals surface area contributed by atoms with Gasteiger partial charge in [-0.25, -0.2) is 0 Å². The number of nitrogens with zero attached hydrogens (tertiary/aromatic N) is 3.